The average Bonchev–Trinajstić information content (AvgIpc) is 3.40. The fourth-order valence-corrected chi connectivity index (χ4v) is 6.99. The van der Waals surface area contributed by atoms with Gasteiger partial charge < -0.3 is 29.3 Å². The predicted molar refractivity (Wildman–Crippen MR) is 145 cm³/mol. The number of fused-ring (bicyclic) bond motifs is 1. The Morgan fingerprint density at radius 1 is 1.21 bits per heavy atom. The number of β-amino-alcohol motifs (C(OH)–C–C–N with tert-alkyl or cyclic N) is 1. The van der Waals surface area contributed by atoms with E-state index in [9.17, 15) is 19.5 Å². The van der Waals surface area contributed by atoms with E-state index in [-0.39, 0.29) is 44.0 Å². The number of hydrogen-bond acceptors (Lipinski definition) is 7. The second-order valence-electron chi connectivity index (χ2n) is 10.6. The molecule has 208 valence electrons. The van der Waals surface area contributed by atoms with Crippen LogP contribution >= 0.6 is 0 Å². The Labute approximate surface area is 225 Å². The number of aliphatic hydroxyl groups is 1. The Hall–Kier alpha value is -2.91. The van der Waals surface area contributed by atoms with Gasteiger partial charge in [-0.25, -0.2) is 0 Å². The highest BCUT2D eigenvalue weighted by Crippen LogP contribution is 2.65. The van der Waals surface area contributed by atoms with Gasteiger partial charge in [0.15, 0.2) is 0 Å². The van der Waals surface area contributed by atoms with Crippen LogP contribution in [0, 0.1) is 17.8 Å². The van der Waals surface area contributed by atoms with Crippen molar-refractivity contribution in [1.29, 1.82) is 0 Å². The first kappa shape index (κ1) is 28.1. The number of esters is 1. The summed E-state index contributed by atoms with van der Waals surface area (Å²) < 4.78 is 12.1. The molecule has 0 radical (unpaired) electrons. The molecule has 3 fully saturated rings. The number of carbonyl (C=O) groups excluding carboxylic acids is 3. The van der Waals surface area contributed by atoms with Crippen LogP contribution in [0.2, 0.25) is 0 Å². The Balaban J connectivity index is 1.77. The highest BCUT2D eigenvalue weighted by Gasteiger charge is 2.80. The first-order valence-electron chi connectivity index (χ1n) is 13.7. The lowest BCUT2D eigenvalue weighted by molar-refractivity contribution is -0.161. The highest BCUT2D eigenvalue weighted by atomic mass is 16.6. The lowest BCUT2D eigenvalue weighted by atomic mass is 9.62. The molecular formula is C29H41N3O6. The van der Waals surface area contributed by atoms with E-state index in [4.69, 9.17) is 9.47 Å². The molecule has 1 aromatic carbocycles. The maximum absolute atomic E-state index is 14.4. The van der Waals surface area contributed by atoms with E-state index in [0.717, 1.165) is 18.8 Å². The molecule has 3 aliphatic rings. The molecule has 0 saturated carbocycles. The van der Waals surface area contributed by atoms with Crippen LogP contribution in [0.3, 0.4) is 0 Å². The molecule has 3 aliphatic heterocycles. The van der Waals surface area contributed by atoms with Crippen molar-refractivity contribution in [3.63, 3.8) is 0 Å². The zero-order valence-electron chi connectivity index (χ0n) is 23.2. The monoisotopic (exact) mass is 527 g/mol. The Kier molecular flexibility index (Phi) is 7.91. The number of likely N-dealkylation sites (tertiary alicyclic amines) is 1. The van der Waals surface area contributed by atoms with Crippen molar-refractivity contribution < 1.29 is 29.0 Å². The molecule has 0 aliphatic carbocycles. The van der Waals surface area contributed by atoms with Crippen LogP contribution in [0.5, 0.6) is 0 Å². The number of aliphatic hydroxyl groups excluding tert-OH is 1. The van der Waals surface area contributed by atoms with Crippen molar-refractivity contribution in [3.8, 4) is 0 Å². The van der Waals surface area contributed by atoms with Crippen LogP contribution in [0.1, 0.15) is 41.0 Å². The van der Waals surface area contributed by atoms with E-state index < -0.39 is 35.0 Å². The topological polar surface area (TPSA) is 99.6 Å². The molecule has 1 aromatic rings. The van der Waals surface area contributed by atoms with Crippen LogP contribution in [0.15, 0.2) is 36.9 Å². The lowest BCUT2D eigenvalue weighted by Crippen LogP contribution is -2.57. The number of hydrogen-bond donors (Lipinski definition) is 1. The first-order chi connectivity index (χ1) is 18.1. The van der Waals surface area contributed by atoms with Crippen molar-refractivity contribution >= 4 is 29.2 Å². The molecule has 3 saturated heterocycles. The fraction of sp³-hybridized carbons (Fsp3) is 0.621. The zero-order valence-corrected chi connectivity index (χ0v) is 23.2. The summed E-state index contributed by atoms with van der Waals surface area (Å²) in [6.07, 6.45) is 2.10. The molecule has 0 aromatic heterocycles. The molecule has 6 atom stereocenters. The summed E-state index contributed by atoms with van der Waals surface area (Å²) in [5.41, 5.74) is -0.380. The van der Waals surface area contributed by atoms with Gasteiger partial charge in [0.1, 0.15) is 17.6 Å². The molecule has 1 N–H and O–H groups in total. The van der Waals surface area contributed by atoms with Gasteiger partial charge in [0.25, 0.3) is 5.91 Å². The number of nitrogens with zero attached hydrogens (tertiary/aromatic N) is 3. The summed E-state index contributed by atoms with van der Waals surface area (Å²) in [6, 6.07) is 6.77. The number of anilines is 2. The van der Waals surface area contributed by atoms with Crippen molar-refractivity contribution in [1.82, 2.24) is 4.90 Å². The molecule has 2 amide bonds. The van der Waals surface area contributed by atoms with Gasteiger partial charge in [0.05, 0.1) is 24.7 Å². The SMILES string of the molecule is C=CCN(C(=O)C1N(CCO)C(=O)[C@@H]2[C@H](C(=O)OCC)[C@@]3(C)OC12CC3C)c1ccc(N(CC)CC)cc1. The molecule has 3 unspecified atom stereocenters. The van der Waals surface area contributed by atoms with Gasteiger partial charge in [-0.1, -0.05) is 13.0 Å². The molecule has 9 heteroatoms. The normalized spacial score (nSPS) is 31.3. The summed E-state index contributed by atoms with van der Waals surface area (Å²) in [6.45, 7) is 15.4. The maximum Gasteiger partial charge on any atom is 0.312 e. The number of amides is 2. The van der Waals surface area contributed by atoms with E-state index in [2.05, 4.69) is 25.3 Å². The second kappa shape index (κ2) is 10.7. The van der Waals surface area contributed by atoms with Gasteiger partial charge in [0, 0.05) is 37.6 Å². The van der Waals surface area contributed by atoms with E-state index in [1.165, 1.54) is 4.90 Å². The molecule has 2 bridgehead atoms. The summed E-state index contributed by atoms with van der Waals surface area (Å²) in [4.78, 5) is 46.7. The van der Waals surface area contributed by atoms with E-state index in [1.54, 1.807) is 17.9 Å². The van der Waals surface area contributed by atoms with Crippen molar-refractivity contribution in [2.24, 2.45) is 17.8 Å². The molecule has 3 heterocycles. The number of benzene rings is 1. The van der Waals surface area contributed by atoms with Gasteiger partial charge in [-0.05, 0) is 64.3 Å². The van der Waals surface area contributed by atoms with E-state index >= 15 is 0 Å². The van der Waals surface area contributed by atoms with Gasteiger partial charge in [0.2, 0.25) is 5.91 Å². The Morgan fingerprint density at radius 3 is 2.39 bits per heavy atom. The van der Waals surface area contributed by atoms with Gasteiger partial charge in [-0.15, -0.1) is 6.58 Å². The van der Waals surface area contributed by atoms with Crippen LogP contribution in [0.25, 0.3) is 0 Å². The predicted octanol–water partition coefficient (Wildman–Crippen LogP) is 2.62. The van der Waals surface area contributed by atoms with Crippen LogP contribution < -0.4 is 9.80 Å². The van der Waals surface area contributed by atoms with Crippen LogP contribution in [-0.2, 0) is 23.9 Å². The standard InChI is InChI=1S/C29H41N3O6/c1-7-15-31(21-13-11-20(12-14-21)30(8-2)9-3)26(35)24-29-18-19(5)28(6,38-29)23(27(36)37-10-4)22(29)25(34)32(24)16-17-33/h7,11-14,19,22-24,33H,1,8-10,15-18H2,2-6H3/t19?,22-,23+,24?,28-,29?/m0/s1. The van der Waals surface area contributed by atoms with E-state index in [1.807, 2.05) is 38.1 Å². The third-order valence-corrected chi connectivity index (χ3v) is 8.80. The molecule has 9 nitrogen and oxygen atoms in total. The number of ether oxygens (including phenoxy) is 2. The van der Waals surface area contributed by atoms with Gasteiger partial charge >= 0.3 is 5.97 Å². The first-order valence-corrected chi connectivity index (χ1v) is 13.7. The average molecular weight is 528 g/mol. The largest absolute Gasteiger partial charge is 0.466 e. The highest BCUT2D eigenvalue weighted by molar-refractivity contribution is 6.05. The minimum Gasteiger partial charge on any atom is -0.466 e. The van der Waals surface area contributed by atoms with Crippen molar-refractivity contribution in [3.05, 3.63) is 36.9 Å². The quantitative estimate of drug-likeness (QED) is 0.349. The number of carbonyl (C=O) groups is 3. The van der Waals surface area contributed by atoms with Crippen molar-refractivity contribution in [2.75, 3.05) is 49.2 Å². The molecule has 1 spiro atoms. The zero-order chi connectivity index (χ0) is 27.8. The molecule has 38 heavy (non-hydrogen) atoms. The lowest BCUT2D eigenvalue weighted by Gasteiger charge is -2.37. The number of rotatable bonds is 11. The maximum atomic E-state index is 14.4. The molecule has 4 rings (SSSR count). The minimum absolute atomic E-state index is 0.0275. The van der Waals surface area contributed by atoms with Crippen molar-refractivity contribution in [2.45, 2.75) is 58.3 Å². The minimum atomic E-state index is -1.19. The second-order valence-corrected chi connectivity index (χ2v) is 10.6. The van der Waals surface area contributed by atoms with Crippen LogP contribution in [-0.4, -0.2) is 84.4 Å². The third-order valence-electron chi connectivity index (χ3n) is 8.80. The van der Waals surface area contributed by atoms with Gasteiger partial charge in [-0.2, -0.15) is 0 Å². The summed E-state index contributed by atoms with van der Waals surface area (Å²) >= 11 is 0. The Bertz CT molecular complexity index is 1070. The molecular weight excluding hydrogens is 486 g/mol. The van der Waals surface area contributed by atoms with Gasteiger partial charge in [-0.3, -0.25) is 14.4 Å². The summed E-state index contributed by atoms with van der Waals surface area (Å²) in [7, 11) is 0. The summed E-state index contributed by atoms with van der Waals surface area (Å²) in [5, 5.41) is 9.85. The Morgan fingerprint density at radius 2 is 1.84 bits per heavy atom. The third kappa shape index (κ3) is 4.11. The summed E-state index contributed by atoms with van der Waals surface area (Å²) in [5.74, 6) is -2.88. The van der Waals surface area contributed by atoms with Crippen LogP contribution in [0.4, 0.5) is 11.4 Å². The fourth-order valence-electron chi connectivity index (χ4n) is 6.99. The van der Waals surface area contributed by atoms with E-state index in [0.29, 0.717) is 12.1 Å². The smallest absolute Gasteiger partial charge is 0.312 e.